The predicted octanol–water partition coefficient (Wildman–Crippen LogP) is 1.16. The zero-order chi connectivity index (χ0) is 21.5. The number of hydrogen-bond donors (Lipinski definition) is 3. The molecule has 3 unspecified atom stereocenters. The van der Waals surface area contributed by atoms with Gasteiger partial charge in [0.2, 0.25) is 5.91 Å². The second kappa shape index (κ2) is 10.4. The van der Waals surface area contributed by atoms with Crippen LogP contribution in [0.2, 0.25) is 0 Å². The minimum atomic E-state index is -1.28. The van der Waals surface area contributed by atoms with Crippen molar-refractivity contribution in [1.82, 2.24) is 19.7 Å². The second-order valence-corrected chi connectivity index (χ2v) is 8.48. The third-order valence-corrected chi connectivity index (χ3v) is 6.07. The Kier molecular flexibility index (Phi) is 7.67. The molecule has 0 aliphatic carbocycles. The molecule has 2 amide bonds. The van der Waals surface area contributed by atoms with Crippen LogP contribution in [0.15, 0.2) is 54.6 Å². The quantitative estimate of drug-likeness (QED) is 0.585. The molecule has 2 aromatic rings. The fourth-order valence-electron chi connectivity index (χ4n) is 3.33. The average Bonchev–Trinajstić information content (AvgIpc) is 3.22. The van der Waals surface area contributed by atoms with Crippen LogP contribution in [0.3, 0.4) is 0 Å². The van der Waals surface area contributed by atoms with Gasteiger partial charge in [0, 0.05) is 31.1 Å². The van der Waals surface area contributed by atoms with Crippen molar-refractivity contribution in [3.8, 4) is 0 Å². The lowest BCUT2D eigenvalue weighted by atomic mass is 10.0. The molecule has 160 valence electrons. The van der Waals surface area contributed by atoms with E-state index in [1.165, 1.54) is 24.3 Å². The van der Waals surface area contributed by atoms with E-state index in [-0.39, 0.29) is 17.5 Å². The van der Waals surface area contributed by atoms with Crippen molar-refractivity contribution in [2.75, 3.05) is 20.1 Å². The van der Waals surface area contributed by atoms with Gasteiger partial charge in [-0.3, -0.25) is 9.59 Å². The molecular formula is C21H25FN4O3S. The number of nitrogens with one attached hydrogen (secondary N) is 3. The molecule has 1 aliphatic heterocycles. The summed E-state index contributed by atoms with van der Waals surface area (Å²) in [5.74, 6) is -1.19. The van der Waals surface area contributed by atoms with Crippen LogP contribution in [0, 0.1) is 5.82 Å². The van der Waals surface area contributed by atoms with Crippen LogP contribution in [0.4, 0.5) is 4.39 Å². The number of halogens is 1. The highest BCUT2D eigenvalue weighted by Crippen LogP contribution is 2.12. The second-order valence-electron chi connectivity index (χ2n) is 7.06. The van der Waals surface area contributed by atoms with Crippen LogP contribution >= 0.6 is 0 Å². The van der Waals surface area contributed by atoms with Gasteiger partial charge in [0.1, 0.15) is 11.9 Å². The summed E-state index contributed by atoms with van der Waals surface area (Å²) in [6, 6.07) is 13.6. The number of rotatable bonds is 8. The Labute approximate surface area is 177 Å². The molecule has 0 radical (unpaired) electrons. The van der Waals surface area contributed by atoms with Crippen molar-refractivity contribution in [3.05, 3.63) is 71.5 Å². The Morgan fingerprint density at radius 3 is 2.53 bits per heavy atom. The number of nitrogens with zero attached hydrogens (tertiary/aromatic N) is 1. The Bertz CT molecular complexity index is 895. The van der Waals surface area contributed by atoms with Crippen LogP contribution in [-0.4, -0.2) is 52.5 Å². The summed E-state index contributed by atoms with van der Waals surface area (Å²) < 4.78 is 29.5. The minimum Gasteiger partial charge on any atom is -0.350 e. The summed E-state index contributed by atoms with van der Waals surface area (Å²) in [5, 5.41) is 5.72. The highest BCUT2D eigenvalue weighted by Gasteiger charge is 2.30. The first-order valence-electron chi connectivity index (χ1n) is 9.71. The van der Waals surface area contributed by atoms with E-state index in [2.05, 4.69) is 15.4 Å². The Balaban J connectivity index is 1.69. The maximum absolute atomic E-state index is 13.1. The van der Waals surface area contributed by atoms with E-state index < -0.39 is 28.9 Å². The Morgan fingerprint density at radius 1 is 1.17 bits per heavy atom. The van der Waals surface area contributed by atoms with Gasteiger partial charge in [0.25, 0.3) is 5.91 Å². The Morgan fingerprint density at radius 2 is 1.87 bits per heavy atom. The lowest BCUT2D eigenvalue weighted by Crippen LogP contribution is -2.51. The third-order valence-electron chi connectivity index (χ3n) is 4.92. The lowest BCUT2D eigenvalue weighted by molar-refractivity contribution is -0.123. The molecule has 0 saturated carbocycles. The first kappa shape index (κ1) is 22.1. The van der Waals surface area contributed by atoms with E-state index in [1.54, 1.807) is 11.4 Å². The summed E-state index contributed by atoms with van der Waals surface area (Å²) >= 11 is -1.28. The molecule has 7 nitrogen and oxygen atoms in total. The monoisotopic (exact) mass is 432 g/mol. The van der Waals surface area contributed by atoms with Crippen molar-refractivity contribution < 1.29 is 18.2 Å². The van der Waals surface area contributed by atoms with Gasteiger partial charge in [0.05, 0.1) is 0 Å². The molecule has 1 fully saturated rings. The fourth-order valence-corrected chi connectivity index (χ4v) is 4.17. The molecule has 3 atom stereocenters. The van der Waals surface area contributed by atoms with E-state index in [1.807, 2.05) is 30.3 Å². The predicted molar refractivity (Wildman–Crippen MR) is 113 cm³/mol. The van der Waals surface area contributed by atoms with Gasteiger partial charge in [-0.2, -0.15) is 0 Å². The number of benzene rings is 2. The fraction of sp³-hybridized carbons (Fsp3) is 0.333. The van der Waals surface area contributed by atoms with Crippen LogP contribution in [0.1, 0.15) is 22.3 Å². The molecule has 1 aliphatic rings. The maximum atomic E-state index is 13.1. The SMILES string of the molecule is CNS(=O)N1CCC(NC(=O)C(Cc2ccccc2)NC(=O)c2ccc(F)cc2)C1. The van der Waals surface area contributed by atoms with E-state index in [9.17, 15) is 18.2 Å². The molecule has 1 heterocycles. The standard InChI is InChI=1S/C21H25FN4O3S/c1-23-30(29)26-12-11-18(14-26)24-21(28)19(13-15-5-3-2-4-6-15)25-20(27)16-7-9-17(22)10-8-16/h2-10,18-19,23H,11-14H2,1H3,(H,24,28)(H,25,27). The van der Waals surface area contributed by atoms with Gasteiger partial charge in [-0.15, -0.1) is 0 Å². The molecule has 30 heavy (non-hydrogen) atoms. The largest absolute Gasteiger partial charge is 0.350 e. The molecule has 9 heteroatoms. The molecule has 0 aromatic heterocycles. The van der Waals surface area contributed by atoms with Crippen molar-refractivity contribution in [3.63, 3.8) is 0 Å². The summed E-state index contributed by atoms with van der Waals surface area (Å²) in [5.41, 5.74) is 1.18. The molecule has 2 aromatic carbocycles. The highest BCUT2D eigenvalue weighted by atomic mass is 32.2. The summed E-state index contributed by atoms with van der Waals surface area (Å²) in [6.07, 6.45) is 0.988. The smallest absolute Gasteiger partial charge is 0.251 e. The number of carbonyl (C=O) groups excluding carboxylic acids is 2. The normalized spacial score (nSPS) is 18.5. The zero-order valence-corrected chi connectivity index (χ0v) is 17.5. The van der Waals surface area contributed by atoms with Gasteiger partial charge in [0.15, 0.2) is 11.2 Å². The third kappa shape index (κ3) is 5.94. The van der Waals surface area contributed by atoms with Crippen molar-refractivity contribution in [2.24, 2.45) is 0 Å². The Hall–Kier alpha value is -2.62. The molecule has 0 spiro atoms. The van der Waals surface area contributed by atoms with Gasteiger partial charge < -0.3 is 10.6 Å². The van der Waals surface area contributed by atoms with Crippen molar-refractivity contribution in [2.45, 2.75) is 24.9 Å². The summed E-state index contributed by atoms with van der Waals surface area (Å²) in [4.78, 5) is 25.6. The maximum Gasteiger partial charge on any atom is 0.251 e. The van der Waals surface area contributed by atoms with Crippen molar-refractivity contribution >= 4 is 23.0 Å². The first-order chi connectivity index (χ1) is 14.5. The topological polar surface area (TPSA) is 90.5 Å². The number of carbonyl (C=O) groups is 2. The molecule has 3 rings (SSSR count). The van der Waals surface area contributed by atoms with Crippen LogP contribution in [0.5, 0.6) is 0 Å². The van der Waals surface area contributed by atoms with E-state index in [0.29, 0.717) is 25.9 Å². The van der Waals surface area contributed by atoms with Crippen LogP contribution < -0.4 is 15.4 Å². The van der Waals surface area contributed by atoms with Gasteiger partial charge in [-0.1, -0.05) is 30.3 Å². The lowest BCUT2D eigenvalue weighted by Gasteiger charge is -2.21. The average molecular weight is 433 g/mol. The number of hydrogen-bond acceptors (Lipinski definition) is 3. The van der Waals surface area contributed by atoms with E-state index >= 15 is 0 Å². The zero-order valence-electron chi connectivity index (χ0n) is 16.6. The number of amides is 2. The molecule has 0 bridgehead atoms. The molecular weight excluding hydrogens is 407 g/mol. The molecule has 1 saturated heterocycles. The first-order valence-corrected chi connectivity index (χ1v) is 10.8. The van der Waals surface area contributed by atoms with Gasteiger partial charge >= 0.3 is 0 Å². The van der Waals surface area contributed by atoms with E-state index in [0.717, 1.165) is 5.56 Å². The molecule has 3 N–H and O–H groups in total. The summed E-state index contributed by atoms with van der Waals surface area (Å²) in [7, 11) is 1.61. The minimum absolute atomic E-state index is 0.157. The van der Waals surface area contributed by atoms with Gasteiger partial charge in [-0.25, -0.2) is 17.6 Å². The van der Waals surface area contributed by atoms with Gasteiger partial charge in [-0.05, 0) is 43.3 Å². The van der Waals surface area contributed by atoms with Crippen molar-refractivity contribution in [1.29, 1.82) is 0 Å². The highest BCUT2D eigenvalue weighted by molar-refractivity contribution is 7.80. The van der Waals surface area contributed by atoms with E-state index in [4.69, 9.17) is 0 Å². The van der Waals surface area contributed by atoms with Crippen LogP contribution in [-0.2, 0) is 22.4 Å². The van der Waals surface area contributed by atoms with Crippen LogP contribution in [0.25, 0.3) is 0 Å². The summed E-state index contributed by atoms with van der Waals surface area (Å²) in [6.45, 7) is 1.06.